The molecule has 0 amide bonds. The fourth-order valence-electron chi connectivity index (χ4n) is 5.16. The summed E-state index contributed by atoms with van der Waals surface area (Å²) in [4.78, 5) is 2.08. The van der Waals surface area contributed by atoms with Gasteiger partial charge in [0.25, 0.3) is 0 Å². The van der Waals surface area contributed by atoms with Crippen molar-refractivity contribution in [1.29, 1.82) is 0 Å². The lowest BCUT2D eigenvalue weighted by Crippen LogP contribution is -2.48. The van der Waals surface area contributed by atoms with E-state index in [1.165, 1.54) is 25.3 Å². The average Bonchev–Trinajstić information content (AvgIpc) is 3.32. The number of alkyl halides is 4. The van der Waals surface area contributed by atoms with Crippen LogP contribution >= 0.6 is 0 Å². The van der Waals surface area contributed by atoms with E-state index in [9.17, 15) is 21.6 Å². The predicted octanol–water partition coefficient (Wildman–Crippen LogP) is 4.57. The molecule has 0 unspecified atom stereocenters. The van der Waals surface area contributed by atoms with Gasteiger partial charge in [0, 0.05) is 50.1 Å². The molecular weight excluding hydrogens is 616 g/mol. The van der Waals surface area contributed by atoms with Crippen molar-refractivity contribution in [3.8, 4) is 17.6 Å². The smallest absolute Gasteiger partial charge is 0.406 e. The van der Waals surface area contributed by atoms with Crippen molar-refractivity contribution in [2.75, 3.05) is 77.1 Å². The predicted molar refractivity (Wildman–Crippen MR) is 166 cm³/mol. The van der Waals surface area contributed by atoms with Crippen LogP contribution < -0.4 is 15.4 Å². The number of methoxy groups -OCH3 is 2. The summed E-state index contributed by atoms with van der Waals surface area (Å²) in [6.45, 7) is 1.73. The molecule has 0 aliphatic carbocycles. The second kappa shape index (κ2) is 15.2. The van der Waals surface area contributed by atoms with Gasteiger partial charge in [-0.1, -0.05) is 12.0 Å². The molecule has 2 atom stereocenters. The Morgan fingerprint density at radius 1 is 1.07 bits per heavy atom. The van der Waals surface area contributed by atoms with Gasteiger partial charge in [-0.2, -0.15) is 13.2 Å². The van der Waals surface area contributed by atoms with Gasteiger partial charge in [0.15, 0.2) is 9.84 Å². The number of fused-ring (bicyclic) bond motifs is 1. The van der Waals surface area contributed by atoms with E-state index in [0.717, 1.165) is 10.8 Å². The first kappa shape index (κ1) is 34.4. The molecule has 14 heteroatoms. The Kier molecular flexibility index (Phi) is 11.6. The first-order valence-corrected chi connectivity index (χ1v) is 16.3. The number of rotatable bonds is 13. The molecule has 1 fully saturated rings. The fourth-order valence-corrected chi connectivity index (χ4v) is 5.79. The van der Waals surface area contributed by atoms with Crippen LogP contribution in [0.25, 0.3) is 10.9 Å². The fraction of sp³-hybridized carbons (Fsp3) is 0.484. The zero-order valence-corrected chi connectivity index (χ0v) is 26.2. The highest BCUT2D eigenvalue weighted by atomic mass is 32.2. The van der Waals surface area contributed by atoms with Crippen LogP contribution in [0, 0.1) is 11.8 Å². The first-order valence-electron chi connectivity index (χ1n) is 14.4. The second-order valence-electron chi connectivity index (χ2n) is 10.7. The van der Waals surface area contributed by atoms with Crippen molar-refractivity contribution in [2.24, 2.45) is 0 Å². The Morgan fingerprint density at radius 2 is 1.87 bits per heavy atom. The second-order valence-corrected chi connectivity index (χ2v) is 12.7. The quantitative estimate of drug-likeness (QED) is 0.158. The van der Waals surface area contributed by atoms with Gasteiger partial charge in [-0.3, -0.25) is 4.90 Å². The van der Waals surface area contributed by atoms with Crippen LogP contribution in [0.4, 0.5) is 28.9 Å². The standard InChI is InChI=1S/C31H38F4N4O5S/c1-42-16-17-44-15-14-38-13-11-27(25(32)20-38)37-26-7-4-8-29-24(26)18-22(39(29)21-31(33,34)35)6-5-12-36-28-10-9-23(45(3,40)41)19-30(28)43-2/h4,7-10,18-19,25,27,36-37H,11-17,20-21H2,1-3H3/t25-,27+/m1/s1. The van der Waals surface area contributed by atoms with Crippen LogP contribution in [0.3, 0.4) is 0 Å². The van der Waals surface area contributed by atoms with Gasteiger partial charge < -0.3 is 29.4 Å². The number of aromatic nitrogens is 1. The number of hydrogen-bond acceptors (Lipinski definition) is 8. The molecule has 3 aromatic rings. The number of ether oxygens (including phenoxy) is 3. The molecule has 246 valence electrons. The first-order chi connectivity index (χ1) is 21.4. The van der Waals surface area contributed by atoms with E-state index in [1.807, 2.05) is 4.90 Å². The lowest BCUT2D eigenvalue weighted by Gasteiger charge is -2.35. The Balaban J connectivity index is 1.49. The van der Waals surface area contributed by atoms with Crippen LogP contribution in [-0.2, 0) is 25.9 Å². The van der Waals surface area contributed by atoms with Crippen LogP contribution in [0.5, 0.6) is 5.75 Å². The van der Waals surface area contributed by atoms with Crippen molar-refractivity contribution in [2.45, 2.75) is 36.3 Å². The lowest BCUT2D eigenvalue weighted by molar-refractivity contribution is -0.140. The highest BCUT2D eigenvalue weighted by molar-refractivity contribution is 7.90. The molecular formula is C31H38F4N4O5S. The summed E-state index contributed by atoms with van der Waals surface area (Å²) in [6.07, 6.45) is -4.07. The molecule has 2 aromatic carbocycles. The normalized spacial score (nSPS) is 17.6. The molecule has 2 N–H and O–H groups in total. The maximum atomic E-state index is 15.2. The summed E-state index contributed by atoms with van der Waals surface area (Å²) in [7, 11) is -0.444. The number of piperidine rings is 1. The van der Waals surface area contributed by atoms with Crippen molar-refractivity contribution in [3.63, 3.8) is 0 Å². The number of benzene rings is 2. The van der Waals surface area contributed by atoms with E-state index < -0.39 is 34.8 Å². The van der Waals surface area contributed by atoms with Gasteiger partial charge in [0.2, 0.25) is 0 Å². The highest BCUT2D eigenvalue weighted by Gasteiger charge is 2.31. The molecule has 1 aliphatic heterocycles. The minimum Gasteiger partial charge on any atom is -0.495 e. The van der Waals surface area contributed by atoms with Gasteiger partial charge in [-0.05, 0) is 42.7 Å². The zero-order valence-electron chi connectivity index (χ0n) is 25.4. The third-order valence-corrected chi connectivity index (χ3v) is 8.53. The molecule has 0 bridgehead atoms. The maximum Gasteiger partial charge on any atom is 0.406 e. The van der Waals surface area contributed by atoms with Crippen LogP contribution in [0.1, 0.15) is 12.1 Å². The molecule has 1 aliphatic rings. The molecule has 45 heavy (non-hydrogen) atoms. The highest BCUT2D eigenvalue weighted by Crippen LogP contribution is 2.32. The Bertz CT molecular complexity index is 1620. The van der Waals surface area contributed by atoms with Gasteiger partial charge in [-0.25, -0.2) is 12.8 Å². The molecule has 0 spiro atoms. The van der Waals surface area contributed by atoms with Gasteiger partial charge >= 0.3 is 6.18 Å². The molecule has 0 saturated carbocycles. The maximum absolute atomic E-state index is 15.2. The van der Waals surface area contributed by atoms with Crippen LogP contribution in [0.2, 0.25) is 0 Å². The van der Waals surface area contributed by atoms with E-state index in [1.54, 1.807) is 31.4 Å². The SMILES string of the molecule is COCCOCCN1CC[C@H](Nc2cccc3c2cc(C#CCNc2ccc(S(C)(=O)=O)cc2OC)n3CC(F)(F)F)[C@H](F)C1. The number of sulfone groups is 1. The van der Waals surface area contributed by atoms with E-state index in [4.69, 9.17) is 14.2 Å². The number of likely N-dealkylation sites (tertiary alicyclic amines) is 1. The molecule has 4 rings (SSSR count). The minimum atomic E-state index is -4.50. The summed E-state index contributed by atoms with van der Waals surface area (Å²) in [6, 6.07) is 10.4. The number of halogens is 4. The third kappa shape index (κ3) is 9.49. The number of nitrogens with one attached hydrogen (secondary N) is 2. The average molecular weight is 655 g/mol. The van der Waals surface area contributed by atoms with E-state index in [-0.39, 0.29) is 29.4 Å². The summed E-state index contributed by atoms with van der Waals surface area (Å²) < 4.78 is 96.6. The van der Waals surface area contributed by atoms with E-state index in [0.29, 0.717) is 61.6 Å². The zero-order chi connectivity index (χ0) is 32.6. The molecule has 1 saturated heterocycles. The molecule has 9 nitrogen and oxygen atoms in total. The monoisotopic (exact) mass is 654 g/mol. The van der Waals surface area contributed by atoms with Crippen molar-refractivity contribution >= 4 is 32.1 Å². The largest absolute Gasteiger partial charge is 0.495 e. The van der Waals surface area contributed by atoms with Crippen molar-refractivity contribution in [3.05, 3.63) is 48.2 Å². The number of hydrogen-bond donors (Lipinski definition) is 2. The van der Waals surface area contributed by atoms with Gasteiger partial charge in [0.1, 0.15) is 18.5 Å². The van der Waals surface area contributed by atoms with Gasteiger partial charge in [0.05, 0.1) is 61.3 Å². The Hall–Kier alpha value is -3.51. The van der Waals surface area contributed by atoms with Crippen LogP contribution in [0.15, 0.2) is 47.4 Å². The number of nitrogens with zero attached hydrogens (tertiary/aromatic N) is 2. The Labute approximate surface area is 260 Å². The van der Waals surface area contributed by atoms with E-state index >= 15 is 4.39 Å². The summed E-state index contributed by atoms with van der Waals surface area (Å²) in [5.74, 6) is 5.97. The summed E-state index contributed by atoms with van der Waals surface area (Å²) in [5.41, 5.74) is 1.49. The van der Waals surface area contributed by atoms with Gasteiger partial charge in [-0.15, -0.1) is 0 Å². The summed E-state index contributed by atoms with van der Waals surface area (Å²) >= 11 is 0. The molecule has 1 aromatic heterocycles. The molecule has 0 radical (unpaired) electrons. The van der Waals surface area contributed by atoms with Crippen molar-refractivity contribution in [1.82, 2.24) is 9.47 Å². The van der Waals surface area contributed by atoms with Crippen molar-refractivity contribution < 1.29 is 40.2 Å². The van der Waals surface area contributed by atoms with Crippen LogP contribution in [-0.4, -0.2) is 103 Å². The summed E-state index contributed by atoms with van der Waals surface area (Å²) in [5, 5.41) is 6.76. The minimum absolute atomic E-state index is 0.0484. The number of anilines is 2. The third-order valence-electron chi connectivity index (χ3n) is 7.42. The topological polar surface area (TPSA) is 94.1 Å². The Morgan fingerprint density at radius 3 is 2.56 bits per heavy atom. The lowest BCUT2D eigenvalue weighted by atomic mass is 10.0. The van der Waals surface area contributed by atoms with E-state index in [2.05, 4.69) is 22.5 Å². The molecule has 2 heterocycles.